The predicted octanol–water partition coefficient (Wildman–Crippen LogP) is 1.39. The molecule has 0 radical (unpaired) electrons. The molecule has 1 saturated carbocycles. The van der Waals surface area contributed by atoms with Crippen molar-refractivity contribution in [1.82, 2.24) is 10.6 Å². The number of amides is 1. The largest absolute Gasteiger partial charge is 0.355 e. The molecule has 1 fully saturated rings. The summed E-state index contributed by atoms with van der Waals surface area (Å²) in [6.45, 7) is 8.06. The molecule has 1 rings (SSSR count). The second kappa shape index (κ2) is 4.97. The van der Waals surface area contributed by atoms with Gasteiger partial charge in [-0.3, -0.25) is 4.79 Å². The summed E-state index contributed by atoms with van der Waals surface area (Å²) in [6, 6.07) is 0. The summed E-state index contributed by atoms with van der Waals surface area (Å²) in [5.41, 5.74) is 0.412. The number of carbonyl (C=O) groups excluding carboxylic acids is 1. The van der Waals surface area contributed by atoms with Crippen LogP contribution in [0.1, 0.15) is 33.6 Å². The van der Waals surface area contributed by atoms with Crippen LogP contribution >= 0.6 is 0 Å². The molecule has 1 amide bonds. The molecule has 0 bridgehead atoms. The molecule has 15 heavy (non-hydrogen) atoms. The van der Waals surface area contributed by atoms with Gasteiger partial charge in [0.25, 0.3) is 0 Å². The van der Waals surface area contributed by atoms with Crippen molar-refractivity contribution in [1.29, 1.82) is 0 Å². The lowest BCUT2D eigenvalue weighted by atomic mass is 9.92. The third kappa shape index (κ3) is 3.20. The summed E-state index contributed by atoms with van der Waals surface area (Å²) < 4.78 is 0. The van der Waals surface area contributed by atoms with Crippen molar-refractivity contribution in [3.63, 3.8) is 0 Å². The summed E-state index contributed by atoms with van der Waals surface area (Å²) in [7, 11) is 1.88. The molecule has 0 aromatic heterocycles. The van der Waals surface area contributed by atoms with Crippen LogP contribution in [0.5, 0.6) is 0 Å². The Bertz CT molecular complexity index is 222. The first-order valence-corrected chi connectivity index (χ1v) is 5.94. The van der Waals surface area contributed by atoms with Crippen molar-refractivity contribution in [2.24, 2.45) is 17.3 Å². The fourth-order valence-corrected chi connectivity index (χ4v) is 1.96. The van der Waals surface area contributed by atoms with E-state index in [-0.39, 0.29) is 11.8 Å². The van der Waals surface area contributed by atoms with E-state index in [0.29, 0.717) is 11.3 Å². The Morgan fingerprint density at radius 1 is 1.33 bits per heavy atom. The normalized spacial score (nSPS) is 20.1. The molecule has 0 aromatic rings. The molecular weight excluding hydrogens is 188 g/mol. The van der Waals surface area contributed by atoms with Crippen LogP contribution in [-0.4, -0.2) is 26.0 Å². The van der Waals surface area contributed by atoms with E-state index < -0.39 is 0 Å². The number of nitrogens with one attached hydrogen (secondary N) is 2. The van der Waals surface area contributed by atoms with Crippen LogP contribution in [0.3, 0.4) is 0 Å². The molecule has 0 aliphatic heterocycles. The van der Waals surface area contributed by atoms with Crippen LogP contribution in [0.4, 0.5) is 0 Å². The number of hydrogen-bond donors (Lipinski definition) is 2. The molecule has 88 valence electrons. The van der Waals surface area contributed by atoms with Gasteiger partial charge in [-0.25, -0.2) is 0 Å². The summed E-state index contributed by atoms with van der Waals surface area (Å²) in [5.74, 6) is 0.923. The SMILES string of the molecule is CNCC(C)C(=O)NCC1(C(C)C)CC1. The van der Waals surface area contributed by atoms with Gasteiger partial charge in [-0.1, -0.05) is 20.8 Å². The van der Waals surface area contributed by atoms with E-state index in [1.807, 2.05) is 14.0 Å². The molecule has 0 saturated heterocycles. The quantitative estimate of drug-likeness (QED) is 0.698. The maximum Gasteiger partial charge on any atom is 0.224 e. The number of hydrogen-bond acceptors (Lipinski definition) is 2. The molecule has 1 atom stereocenters. The van der Waals surface area contributed by atoms with Crippen molar-refractivity contribution < 1.29 is 4.79 Å². The number of carbonyl (C=O) groups is 1. The highest BCUT2D eigenvalue weighted by atomic mass is 16.1. The molecule has 3 heteroatoms. The Labute approximate surface area is 93.0 Å². The summed E-state index contributed by atoms with van der Waals surface area (Å²) >= 11 is 0. The maximum atomic E-state index is 11.7. The van der Waals surface area contributed by atoms with Gasteiger partial charge in [0.15, 0.2) is 0 Å². The van der Waals surface area contributed by atoms with Crippen LogP contribution in [0, 0.1) is 17.3 Å². The molecule has 0 aromatic carbocycles. The van der Waals surface area contributed by atoms with E-state index in [4.69, 9.17) is 0 Å². The lowest BCUT2D eigenvalue weighted by molar-refractivity contribution is -0.124. The van der Waals surface area contributed by atoms with Gasteiger partial charge in [0.05, 0.1) is 0 Å². The zero-order chi connectivity index (χ0) is 11.5. The van der Waals surface area contributed by atoms with Gasteiger partial charge in [0.1, 0.15) is 0 Å². The van der Waals surface area contributed by atoms with E-state index in [9.17, 15) is 4.79 Å². The van der Waals surface area contributed by atoms with Crippen molar-refractivity contribution in [2.45, 2.75) is 33.6 Å². The fourth-order valence-electron chi connectivity index (χ4n) is 1.96. The standard InChI is InChI=1S/C12H24N2O/c1-9(2)12(5-6-12)8-14-11(15)10(3)7-13-4/h9-10,13H,5-8H2,1-4H3,(H,14,15). The predicted molar refractivity (Wildman–Crippen MR) is 62.6 cm³/mol. The Morgan fingerprint density at radius 2 is 1.93 bits per heavy atom. The molecule has 1 aliphatic carbocycles. The van der Waals surface area contributed by atoms with Crippen LogP contribution in [0.2, 0.25) is 0 Å². The van der Waals surface area contributed by atoms with Crippen LogP contribution in [0.15, 0.2) is 0 Å². The zero-order valence-electron chi connectivity index (χ0n) is 10.4. The minimum Gasteiger partial charge on any atom is -0.355 e. The van der Waals surface area contributed by atoms with E-state index in [1.54, 1.807) is 0 Å². The Balaban J connectivity index is 2.28. The Morgan fingerprint density at radius 3 is 2.33 bits per heavy atom. The monoisotopic (exact) mass is 212 g/mol. The van der Waals surface area contributed by atoms with Gasteiger partial charge in [0, 0.05) is 19.0 Å². The third-order valence-corrected chi connectivity index (χ3v) is 3.69. The zero-order valence-corrected chi connectivity index (χ0v) is 10.4. The van der Waals surface area contributed by atoms with Gasteiger partial charge in [-0.05, 0) is 31.2 Å². The molecule has 3 nitrogen and oxygen atoms in total. The van der Waals surface area contributed by atoms with Gasteiger partial charge in [-0.15, -0.1) is 0 Å². The van der Waals surface area contributed by atoms with Gasteiger partial charge < -0.3 is 10.6 Å². The molecule has 2 N–H and O–H groups in total. The van der Waals surface area contributed by atoms with E-state index >= 15 is 0 Å². The molecule has 1 unspecified atom stereocenters. The first-order chi connectivity index (χ1) is 7.02. The maximum absolute atomic E-state index is 11.7. The summed E-state index contributed by atoms with van der Waals surface area (Å²) in [6.07, 6.45) is 2.54. The minimum absolute atomic E-state index is 0.0676. The highest BCUT2D eigenvalue weighted by Crippen LogP contribution is 2.51. The van der Waals surface area contributed by atoms with Crippen molar-refractivity contribution in [3.05, 3.63) is 0 Å². The fraction of sp³-hybridized carbons (Fsp3) is 0.917. The van der Waals surface area contributed by atoms with Crippen molar-refractivity contribution >= 4 is 5.91 Å². The van der Waals surface area contributed by atoms with Crippen molar-refractivity contribution in [2.75, 3.05) is 20.1 Å². The molecular formula is C12H24N2O. The third-order valence-electron chi connectivity index (χ3n) is 3.69. The van der Waals surface area contributed by atoms with Gasteiger partial charge in [-0.2, -0.15) is 0 Å². The smallest absolute Gasteiger partial charge is 0.224 e. The average molecular weight is 212 g/mol. The van der Waals surface area contributed by atoms with Crippen LogP contribution in [-0.2, 0) is 4.79 Å². The molecule has 1 aliphatic rings. The van der Waals surface area contributed by atoms with E-state index in [0.717, 1.165) is 13.1 Å². The lowest BCUT2D eigenvalue weighted by Gasteiger charge is -2.21. The average Bonchev–Trinajstić information content (AvgIpc) is 2.95. The van der Waals surface area contributed by atoms with Gasteiger partial charge >= 0.3 is 0 Å². The topological polar surface area (TPSA) is 41.1 Å². The first-order valence-electron chi connectivity index (χ1n) is 5.94. The highest BCUT2D eigenvalue weighted by molar-refractivity contribution is 5.78. The van der Waals surface area contributed by atoms with Crippen LogP contribution < -0.4 is 10.6 Å². The second-order valence-corrected chi connectivity index (χ2v) is 5.19. The van der Waals surface area contributed by atoms with Crippen LogP contribution in [0.25, 0.3) is 0 Å². The lowest BCUT2D eigenvalue weighted by Crippen LogP contribution is -2.38. The Kier molecular flexibility index (Phi) is 4.14. The highest BCUT2D eigenvalue weighted by Gasteiger charge is 2.45. The summed E-state index contributed by atoms with van der Waals surface area (Å²) in [4.78, 5) is 11.7. The summed E-state index contributed by atoms with van der Waals surface area (Å²) in [5, 5.41) is 6.10. The molecule has 0 heterocycles. The number of rotatable bonds is 6. The van der Waals surface area contributed by atoms with E-state index in [1.165, 1.54) is 12.8 Å². The first kappa shape index (κ1) is 12.5. The van der Waals surface area contributed by atoms with Gasteiger partial charge in [0.2, 0.25) is 5.91 Å². The minimum atomic E-state index is 0.0676. The second-order valence-electron chi connectivity index (χ2n) is 5.19. The molecule has 0 spiro atoms. The van der Waals surface area contributed by atoms with E-state index in [2.05, 4.69) is 24.5 Å². The Hall–Kier alpha value is -0.570. The van der Waals surface area contributed by atoms with Crippen molar-refractivity contribution in [3.8, 4) is 0 Å².